The molecular formula is C37H24N2. The lowest BCUT2D eigenvalue weighted by atomic mass is 10.0. The second kappa shape index (κ2) is 8.65. The number of benzene rings is 5. The first-order chi connectivity index (χ1) is 19.4. The van der Waals surface area contributed by atoms with Gasteiger partial charge in [-0.15, -0.1) is 0 Å². The highest BCUT2D eigenvalue weighted by molar-refractivity contribution is 6.09. The molecule has 0 bridgehead atoms. The molecule has 0 N–H and O–H groups in total. The molecule has 39 heavy (non-hydrogen) atoms. The fraction of sp³-hybridized carbons (Fsp3) is 0.0270. The van der Waals surface area contributed by atoms with Gasteiger partial charge in [-0.05, 0) is 59.5 Å². The second-order valence-electron chi connectivity index (χ2n) is 9.99. The minimum absolute atomic E-state index is 0.784. The van der Waals surface area contributed by atoms with E-state index in [1.54, 1.807) is 0 Å². The van der Waals surface area contributed by atoms with Crippen molar-refractivity contribution in [2.75, 3.05) is 0 Å². The smallest absolute Gasteiger partial charge is 0.105 e. The van der Waals surface area contributed by atoms with Crippen LogP contribution < -0.4 is 0 Å². The van der Waals surface area contributed by atoms with Gasteiger partial charge in [0, 0.05) is 39.5 Å². The molecule has 0 spiro atoms. The van der Waals surface area contributed by atoms with Gasteiger partial charge in [0.25, 0.3) is 0 Å². The Labute approximate surface area is 227 Å². The van der Waals surface area contributed by atoms with Crippen LogP contribution in [0.5, 0.6) is 0 Å². The van der Waals surface area contributed by atoms with E-state index in [0.29, 0.717) is 0 Å². The lowest BCUT2D eigenvalue weighted by molar-refractivity contribution is 1.10. The van der Waals surface area contributed by atoms with Crippen LogP contribution in [0.1, 0.15) is 17.7 Å². The average Bonchev–Trinajstić information content (AvgIpc) is 3.38. The SMILES string of the molecule is C1#Cc2c(c3ccccc3n2-c2ccc(-c3ccc(-n4c5ccccc5c5ccccc54)cc3)cc2)C=CC1. The Hall–Kier alpha value is -5.26. The molecule has 0 atom stereocenters. The van der Waals surface area contributed by atoms with Crippen molar-refractivity contribution in [2.24, 2.45) is 0 Å². The van der Waals surface area contributed by atoms with E-state index in [4.69, 9.17) is 0 Å². The Morgan fingerprint density at radius 3 is 1.56 bits per heavy atom. The van der Waals surface area contributed by atoms with Crippen molar-refractivity contribution in [3.63, 3.8) is 0 Å². The van der Waals surface area contributed by atoms with Gasteiger partial charge in [0.15, 0.2) is 0 Å². The normalized spacial score (nSPS) is 12.4. The number of para-hydroxylation sites is 3. The van der Waals surface area contributed by atoms with E-state index in [1.807, 2.05) is 0 Å². The van der Waals surface area contributed by atoms with Gasteiger partial charge in [0.1, 0.15) is 5.69 Å². The second-order valence-corrected chi connectivity index (χ2v) is 9.99. The molecule has 7 aromatic rings. The fourth-order valence-electron chi connectivity index (χ4n) is 6.00. The summed E-state index contributed by atoms with van der Waals surface area (Å²) in [7, 11) is 0. The quantitative estimate of drug-likeness (QED) is 0.216. The number of hydrogen-bond donors (Lipinski definition) is 0. The summed E-state index contributed by atoms with van der Waals surface area (Å²) in [5.74, 6) is 6.71. The van der Waals surface area contributed by atoms with Gasteiger partial charge in [0.05, 0.1) is 16.6 Å². The Bertz CT molecular complexity index is 2070. The van der Waals surface area contributed by atoms with E-state index in [2.05, 4.69) is 154 Å². The molecule has 0 aliphatic heterocycles. The monoisotopic (exact) mass is 496 g/mol. The zero-order valence-corrected chi connectivity index (χ0v) is 21.3. The van der Waals surface area contributed by atoms with Gasteiger partial charge in [-0.2, -0.15) is 0 Å². The van der Waals surface area contributed by atoms with Crippen LogP contribution in [-0.4, -0.2) is 9.13 Å². The average molecular weight is 497 g/mol. The molecule has 5 aromatic carbocycles. The first kappa shape index (κ1) is 21.8. The predicted molar refractivity (Wildman–Crippen MR) is 164 cm³/mol. The third kappa shape index (κ3) is 3.38. The van der Waals surface area contributed by atoms with E-state index in [-0.39, 0.29) is 0 Å². The van der Waals surface area contributed by atoms with Crippen molar-refractivity contribution in [3.8, 4) is 34.3 Å². The minimum Gasteiger partial charge on any atom is -0.309 e. The van der Waals surface area contributed by atoms with Gasteiger partial charge in [0.2, 0.25) is 0 Å². The highest BCUT2D eigenvalue weighted by Crippen LogP contribution is 2.34. The Kier molecular flexibility index (Phi) is 4.83. The Morgan fingerprint density at radius 2 is 0.974 bits per heavy atom. The van der Waals surface area contributed by atoms with E-state index in [9.17, 15) is 0 Å². The predicted octanol–water partition coefficient (Wildman–Crippen LogP) is 9.16. The number of allylic oxidation sites excluding steroid dienone is 1. The highest BCUT2D eigenvalue weighted by Gasteiger charge is 2.16. The lowest BCUT2D eigenvalue weighted by Crippen LogP contribution is -1.98. The summed E-state index contributed by atoms with van der Waals surface area (Å²) in [5.41, 5.74) is 10.6. The largest absolute Gasteiger partial charge is 0.309 e. The van der Waals surface area contributed by atoms with Gasteiger partial charge < -0.3 is 9.13 Å². The molecule has 0 saturated heterocycles. The summed E-state index contributed by atoms with van der Waals surface area (Å²) in [5, 5.41) is 3.80. The summed E-state index contributed by atoms with van der Waals surface area (Å²) in [6.07, 6.45) is 5.14. The van der Waals surface area contributed by atoms with Crippen molar-refractivity contribution >= 4 is 38.8 Å². The molecule has 0 saturated carbocycles. The van der Waals surface area contributed by atoms with Crippen LogP contribution in [0.4, 0.5) is 0 Å². The van der Waals surface area contributed by atoms with Crippen LogP contribution in [0.3, 0.4) is 0 Å². The molecule has 1 aliphatic carbocycles. The lowest BCUT2D eigenvalue weighted by Gasteiger charge is -2.11. The van der Waals surface area contributed by atoms with E-state index >= 15 is 0 Å². The molecule has 2 aromatic heterocycles. The zero-order valence-electron chi connectivity index (χ0n) is 21.3. The molecule has 2 nitrogen and oxygen atoms in total. The molecule has 2 heterocycles. The standard InChI is InChI=1S/C37H24N2/c1-2-10-30-31-11-4-7-15-35(31)38(34(30)14-3-1)28-22-18-26(19-23-28)27-20-24-29(25-21-27)39-36-16-8-5-12-32(36)33-13-6-9-17-37(33)39/h2,4-13,15-25H,1H2. The third-order valence-electron chi connectivity index (χ3n) is 7.79. The first-order valence-corrected chi connectivity index (χ1v) is 13.4. The minimum atomic E-state index is 0.784. The maximum absolute atomic E-state index is 3.42. The summed E-state index contributed by atoms with van der Waals surface area (Å²) >= 11 is 0. The van der Waals surface area contributed by atoms with Crippen LogP contribution in [-0.2, 0) is 0 Å². The van der Waals surface area contributed by atoms with Crippen LogP contribution in [0, 0.1) is 11.8 Å². The van der Waals surface area contributed by atoms with Gasteiger partial charge in [-0.3, -0.25) is 0 Å². The first-order valence-electron chi connectivity index (χ1n) is 13.4. The molecule has 0 radical (unpaired) electrons. The van der Waals surface area contributed by atoms with Crippen molar-refractivity contribution < 1.29 is 0 Å². The Balaban J connectivity index is 1.19. The van der Waals surface area contributed by atoms with Crippen LogP contribution in [0.15, 0.2) is 127 Å². The summed E-state index contributed by atoms with van der Waals surface area (Å²) in [4.78, 5) is 0. The summed E-state index contributed by atoms with van der Waals surface area (Å²) < 4.78 is 4.65. The molecule has 182 valence electrons. The van der Waals surface area contributed by atoms with E-state index in [1.165, 1.54) is 55.1 Å². The maximum atomic E-state index is 3.42. The van der Waals surface area contributed by atoms with Crippen molar-refractivity contribution in [3.05, 3.63) is 139 Å². The molecule has 0 fully saturated rings. The maximum Gasteiger partial charge on any atom is 0.105 e. The van der Waals surface area contributed by atoms with Gasteiger partial charge >= 0.3 is 0 Å². The van der Waals surface area contributed by atoms with E-state index < -0.39 is 0 Å². The fourth-order valence-corrected chi connectivity index (χ4v) is 6.00. The number of nitrogens with zero attached hydrogens (tertiary/aromatic N) is 2. The number of hydrogen-bond acceptors (Lipinski definition) is 0. The van der Waals surface area contributed by atoms with E-state index in [0.717, 1.165) is 17.8 Å². The number of fused-ring (bicyclic) bond motifs is 6. The third-order valence-corrected chi connectivity index (χ3v) is 7.79. The van der Waals surface area contributed by atoms with Crippen LogP contribution in [0.2, 0.25) is 0 Å². The number of rotatable bonds is 3. The van der Waals surface area contributed by atoms with Crippen molar-refractivity contribution in [1.82, 2.24) is 9.13 Å². The molecule has 2 heteroatoms. The van der Waals surface area contributed by atoms with Crippen molar-refractivity contribution in [1.29, 1.82) is 0 Å². The Morgan fingerprint density at radius 1 is 0.487 bits per heavy atom. The molecule has 0 amide bonds. The summed E-state index contributed by atoms with van der Waals surface area (Å²) in [6.45, 7) is 0. The van der Waals surface area contributed by atoms with Gasteiger partial charge in [-0.25, -0.2) is 0 Å². The van der Waals surface area contributed by atoms with Gasteiger partial charge in [-0.1, -0.05) is 96.9 Å². The molecule has 8 rings (SSSR count). The highest BCUT2D eigenvalue weighted by atomic mass is 15.0. The van der Waals surface area contributed by atoms with Crippen LogP contribution >= 0.6 is 0 Å². The number of aromatic nitrogens is 2. The van der Waals surface area contributed by atoms with Crippen LogP contribution in [0.25, 0.3) is 61.3 Å². The topological polar surface area (TPSA) is 9.86 Å². The van der Waals surface area contributed by atoms with Crippen molar-refractivity contribution in [2.45, 2.75) is 6.42 Å². The summed E-state index contributed by atoms with van der Waals surface area (Å²) in [6, 6.07) is 43.6. The molecular weight excluding hydrogens is 472 g/mol. The zero-order chi connectivity index (χ0) is 25.8. The molecule has 1 aliphatic rings. The molecule has 0 unspecified atom stereocenters.